The summed E-state index contributed by atoms with van der Waals surface area (Å²) in [5, 5.41) is 19.9. The molecule has 4 rings (SSSR count). The van der Waals surface area contributed by atoms with E-state index in [1.807, 2.05) is 38.1 Å². The molecule has 1 N–H and O–H groups in total. The molecule has 174 valence electrons. The van der Waals surface area contributed by atoms with E-state index in [2.05, 4.69) is 28.4 Å². The van der Waals surface area contributed by atoms with Crippen LogP contribution in [0.3, 0.4) is 0 Å². The molecule has 4 aromatic rings. The van der Waals surface area contributed by atoms with Crippen molar-refractivity contribution < 1.29 is 23.8 Å². The van der Waals surface area contributed by atoms with E-state index >= 15 is 0 Å². The Morgan fingerprint density at radius 2 is 1.85 bits per heavy atom. The van der Waals surface area contributed by atoms with Gasteiger partial charge in [-0.2, -0.15) is 0 Å². The first-order valence-electron chi connectivity index (χ1n) is 10.9. The molecule has 0 amide bonds. The van der Waals surface area contributed by atoms with Crippen LogP contribution in [0.25, 0.3) is 16.8 Å². The van der Waals surface area contributed by atoms with Gasteiger partial charge in [-0.05, 0) is 58.8 Å². The number of hydrogen-bond donors (Lipinski definition) is 1. The number of fused-ring (bicyclic) bond motifs is 1. The molecule has 0 fully saturated rings. The Bertz CT molecular complexity index is 1330. The molecule has 0 aliphatic rings. The first-order chi connectivity index (χ1) is 16.6. The number of nitrogens with zero attached hydrogens (tertiary/aromatic N) is 2. The Hall–Kier alpha value is -3.78. The first kappa shape index (κ1) is 23.4. The predicted octanol–water partition coefficient (Wildman–Crippen LogP) is 5.98. The average molecular weight is 477 g/mol. The van der Waals surface area contributed by atoms with Gasteiger partial charge in [0, 0.05) is 6.42 Å². The van der Waals surface area contributed by atoms with E-state index in [9.17, 15) is 9.90 Å². The van der Waals surface area contributed by atoms with Crippen LogP contribution in [-0.4, -0.2) is 27.9 Å². The number of hydrogen-bond acceptors (Lipinski definition) is 7. The van der Waals surface area contributed by atoms with Gasteiger partial charge in [0.1, 0.15) is 11.5 Å². The molecule has 0 aliphatic carbocycles. The molecule has 0 saturated heterocycles. The van der Waals surface area contributed by atoms with Gasteiger partial charge in [-0.1, -0.05) is 55.5 Å². The minimum absolute atomic E-state index is 0.0539. The normalized spacial score (nSPS) is 11.5. The second-order valence-electron chi connectivity index (χ2n) is 7.30. The molecule has 0 unspecified atom stereocenters. The van der Waals surface area contributed by atoms with Crippen molar-refractivity contribution in [3.05, 3.63) is 82.6 Å². The van der Waals surface area contributed by atoms with E-state index in [0.717, 1.165) is 28.1 Å². The minimum atomic E-state index is -1.09. The van der Waals surface area contributed by atoms with Crippen LogP contribution in [0.2, 0.25) is 0 Å². The SMILES string of the molecule is CCOc1cc(/C=C(\Sc2nnc(CC)o2)C(=O)O)ccc1OCc1cccc2ccccc12. The van der Waals surface area contributed by atoms with Gasteiger partial charge >= 0.3 is 5.97 Å². The van der Waals surface area contributed by atoms with Gasteiger partial charge in [0.15, 0.2) is 11.5 Å². The van der Waals surface area contributed by atoms with Crippen LogP contribution in [0.1, 0.15) is 30.9 Å². The monoisotopic (exact) mass is 476 g/mol. The highest BCUT2D eigenvalue weighted by Crippen LogP contribution is 2.33. The molecular weight excluding hydrogens is 452 g/mol. The van der Waals surface area contributed by atoms with Crippen LogP contribution in [0.15, 0.2) is 75.2 Å². The van der Waals surface area contributed by atoms with E-state index in [-0.39, 0.29) is 10.1 Å². The highest BCUT2D eigenvalue weighted by Gasteiger charge is 2.16. The van der Waals surface area contributed by atoms with Crippen LogP contribution in [0, 0.1) is 0 Å². The zero-order valence-electron chi connectivity index (χ0n) is 18.9. The Kier molecular flexibility index (Phi) is 7.49. The lowest BCUT2D eigenvalue weighted by Gasteiger charge is -2.14. The molecular formula is C26H24N2O5S. The number of aromatic nitrogens is 2. The summed E-state index contributed by atoms with van der Waals surface area (Å²) in [5.74, 6) is 0.493. The Labute approximate surface area is 201 Å². The number of carbonyl (C=O) groups is 1. The van der Waals surface area contributed by atoms with E-state index in [4.69, 9.17) is 13.9 Å². The molecule has 1 aromatic heterocycles. The average Bonchev–Trinajstić information content (AvgIpc) is 3.31. The highest BCUT2D eigenvalue weighted by atomic mass is 32.2. The first-order valence-corrected chi connectivity index (χ1v) is 11.7. The number of aliphatic carboxylic acids is 1. The van der Waals surface area contributed by atoms with Gasteiger partial charge in [-0.15, -0.1) is 10.2 Å². The van der Waals surface area contributed by atoms with Gasteiger partial charge in [0.05, 0.1) is 6.61 Å². The smallest absolute Gasteiger partial charge is 0.342 e. The number of rotatable bonds is 10. The third-order valence-corrected chi connectivity index (χ3v) is 5.84. The van der Waals surface area contributed by atoms with Crippen LogP contribution in [0.5, 0.6) is 11.5 Å². The van der Waals surface area contributed by atoms with E-state index < -0.39 is 5.97 Å². The van der Waals surface area contributed by atoms with E-state index in [1.54, 1.807) is 24.3 Å². The van der Waals surface area contributed by atoms with Crippen LogP contribution < -0.4 is 9.47 Å². The summed E-state index contributed by atoms with van der Waals surface area (Å²) >= 11 is 0.909. The number of ether oxygens (including phenoxy) is 2. The predicted molar refractivity (Wildman–Crippen MR) is 131 cm³/mol. The Morgan fingerprint density at radius 1 is 1.03 bits per heavy atom. The zero-order chi connectivity index (χ0) is 23.9. The lowest BCUT2D eigenvalue weighted by atomic mass is 10.1. The molecule has 0 radical (unpaired) electrons. The third-order valence-electron chi connectivity index (χ3n) is 4.99. The number of carboxylic acid groups (broad SMARTS) is 1. The highest BCUT2D eigenvalue weighted by molar-refractivity contribution is 8.03. The molecule has 8 heteroatoms. The lowest BCUT2D eigenvalue weighted by Crippen LogP contribution is -2.01. The number of carboxylic acids is 1. The van der Waals surface area contributed by atoms with Crippen molar-refractivity contribution in [1.29, 1.82) is 0 Å². The Balaban J connectivity index is 1.56. The second kappa shape index (κ2) is 10.9. The summed E-state index contributed by atoms with van der Waals surface area (Å²) < 4.78 is 17.3. The fourth-order valence-corrected chi connectivity index (χ4v) is 4.07. The molecule has 0 saturated carbocycles. The van der Waals surface area contributed by atoms with Crippen molar-refractivity contribution in [3.8, 4) is 11.5 Å². The van der Waals surface area contributed by atoms with E-state index in [1.165, 1.54) is 0 Å². The van der Waals surface area contributed by atoms with Gasteiger partial charge in [-0.25, -0.2) is 4.79 Å². The molecule has 0 bridgehead atoms. The van der Waals surface area contributed by atoms with Crippen molar-refractivity contribution >= 4 is 34.6 Å². The number of benzene rings is 3. The summed E-state index contributed by atoms with van der Waals surface area (Å²) in [6.45, 7) is 4.59. The van der Waals surface area contributed by atoms with Gasteiger partial charge < -0.3 is 19.0 Å². The molecule has 7 nitrogen and oxygen atoms in total. The van der Waals surface area contributed by atoms with Gasteiger partial charge in [0.25, 0.3) is 5.22 Å². The minimum Gasteiger partial charge on any atom is -0.490 e. The molecule has 0 aliphatic heterocycles. The largest absolute Gasteiger partial charge is 0.490 e. The maximum absolute atomic E-state index is 11.8. The summed E-state index contributed by atoms with van der Waals surface area (Å²) in [7, 11) is 0. The third kappa shape index (κ3) is 5.58. The van der Waals surface area contributed by atoms with Crippen molar-refractivity contribution in [2.24, 2.45) is 0 Å². The lowest BCUT2D eigenvalue weighted by molar-refractivity contribution is -0.131. The second-order valence-corrected chi connectivity index (χ2v) is 8.29. The molecule has 3 aromatic carbocycles. The zero-order valence-corrected chi connectivity index (χ0v) is 19.7. The van der Waals surface area contributed by atoms with Crippen LogP contribution in [0.4, 0.5) is 0 Å². The fraction of sp³-hybridized carbons (Fsp3) is 0.192. The maximum atomic E-state index is 11.8. The molecule has 0 spiro atoms. The van der Waals surface area contributed by atoms with Gasteiger partial charge in [0.2, 0.25) is 5.89 Å². The molecule has 1 heterocycles. The van der Waals surface area contributed by atoms with E-state index in [0.29, 0.717) is 42.6 Å². The van der Waals surface area contributed by atoms with Gasteiger partial charge in [-0.3, -0.25) is 0 Å². The standard InChI is InChI=1S/C26H24N2O5S/c1-3-24-27-28-26(33-24)34-23(25(29)30)15-17-12-13-21(22(14-17)31-4-2)32-16-19-10-7-9-18-8-5-6-11-20(18)19/h5-15H,3-4,16H2,1-2H3,(H,29,30)/b23-15-. The quantitative estimate of drug-likeness (QED) is 0.221. The maximum Gasteiger partial charge on any atom is 0.342 e. The molecule has 0 atom stereocenters. The van der Waals surface area contributed by atoms with Crippen molar-refractivity contribution in [2.45, 2.75) is 32.1 Å². The van der Waals surface area contributed by atoms with Crippen molar-refractivity contribution in [3.63, 3.8) is 0 Å². The van der Waals surface area contributed by atoms with Crippen molar-refractivity contribution in [2.75, 3.05) is 6.61 Å². The summed E-state index contributed by atoms with van der Waals surface area (Å²) in [5.41, 5.74) is 1.72. The fourth-order valence-electron chi connectivity index (χ4n) is 3.38. The summed E-state index contributed by atoms with van der Waals surface area (Å²) in [6, 6.07) is 19.6. The number of thioether (sulfide) groups is 1. The van der Waals surface area contributed by atoms with Crippen LogP contribution >= 0.6 is 11.8 Å². The van der Waals surface area contributed by atoms with Crippen LogP contribution in [-0.2, 0) is 17.8 Å². The Morgan fingerprint density at radius 3 is 2.62 bits per heavy atom. The summed E-state index contributed by atoms with van der Waals surface area (Å²) in [6.07, 6.45) is 2.12. The summed E-state index contributed by atoms with van der Waals surface area (Å²) in [4.78, 5) is 11.8. The topological polar surface area (TPSA) is 94.7 Å². The molecule has 34 heavy (non-hydrogen) atoms. The van der Waals surface area contributed by atoms with Crippen molar-refractivity contribution in [1.82, 2.24) is 10.2 Å². The number of aryl methyl sites for hydroxylation is 1.